The number of hydrogen-bond donors (Lipinski definition) is 2. The number of methoxy groups -OCH3 is 1. The van der Waals surface area contributed by atoms with E-state index in [1.165, 1.54) is 19.3 Å². The van der Waals surface area contributed by atoms with E-state index in [0.29, 0.717) is 18.0 Å². The average Bonchev–Trinajstić information content (AvgIpc) is 2.48. The van der Waals surface area contributed by atoms with Gasteiger partial charge in [-0.2, -0.15) is 0 Å². The molecule has 1 aromatic rings. The van der Waals surface area contributed by atoms with Gasteiger partial charge in [-0.3, -0.25) is 4.79 Å². The maximum atomic E-state index is 10.9. The van der Waals surface area contributed by atoms with Gasteiger partial charge in [-0.25, -0.2) is 0 Å². The van der Waals surface area contributed by atoms with Gasteiger partial charge in [0, 0.05) is 12.1 Å². The lowest BCUT2D eigenvalue weighted by molar-refractivity contribution is -0.119. The zero-order valence-corrected chi connectivity index (χ0v) is 14.2. The van der Waals surface area contributed by atoms with Crippen molar-refractivity contribution in [2.24, 2.45) is 5.73 Å². The SMILES string of the molecule is CCCCCCNCc1cccc(OC)c1OCC(N)=O.Cl. The number of amides is 1. The molecule has 22 heavy (non-hydrogen) atoms. The quantitative estimate of drug-likeness (QED) is 0.612. The fourth-order valence-electron chi connectivity index (χ4n) is 2.07. The summed E-state index contributed by atoms with van der Waals surface area (Å²) in [7, 11) is 1.58. The third kappa shape index (κ3) is 7.52. The highest BCUT2D eigenvalue weighted by molar-refractivity contribution is 5.85. The van der Waals surface area contributed by atoms with E-state index in [9.17, 15) is 4.79 Å². The predicted molar refractivity (Wildman–Crippen MR) is 90.8 cm³/mol. The van der Waals surface area contributed by atoms with Gasteiger partial charge in [-0.15, -0.1) is 12.4 Å². The summed E-state index contributed by atoms with van der Waals surface area (Å²) in [5.41, 5.74) is 6.09. The van der Waals surface area contributed by atoms with Crippen molar-refractivity contribution < 1.29 is 14.3 Å². The molecule has 0 aromatic heterocycles. The normalized spacial score (nSPS) is 9.91. The highest BCUT2D eigenvalue weighted by Crippen LogP contribution is 2.30. The first-order chi connectivity index (χ1) is 10.2. The van der Waals surface area contributed by atoms with Crippen molar-refractivity contribution >= 4 is 18.3 Å². The Hall–Kier alpha value is -1.46. The second-order valence-electron chi connectivity index (χ2n) is 4.94. The largest absolute Gasteiger partial charge is 0.493 e. The van der Waals surface area contributed by atoms with E-state index in [1.54, 1.807) is 13.2 Å². The molecule has 3 N–H and O–H groups in total. The van der Waals surface area contributed by atoms with Crippen molar-refractivity contribution in [3.05, 3.63) is 23.8 Å². The number of hydrogen-bond acceptors (Lipinski definition) is 4. The van der Waals surface area contributed by atoms with Gasteiger partial charge in [0.1, 0.15) is 0 Å². The highest BCUT2D eigenvalue weighted by Gasteiger charge is 2.11. The highest BCUT2D eigenvalue weighted by atomic mass is 35.5. The Morgan fingerprint density at radius 2 is 2.05 bits per heavy atom. The van der Waals surface area contributed by atoms with Gasteiger partial charge in [0.25, 0.3) is 5.91 Å². The first-order valence-electron chi connectivity index (χ1n) is 7.46. The molecule has 0 aliphatic rings. The van der Waals surface area contributed by atoms with E-state index < -0.39 is 5.91 Å². The van der Waals surface area contributed by atoms with Crippen LogP contribution in [0.2, 0.25) is 0 Å². The predicted octanol–water partition coefficient (Wildman–Crippen LogP) is 2.65. The molecule has 0 saturated heterocycles. The summed E-state index contributed by atoms with van der Waals surface area (Å²) in [5.74, 6) is 0.695. The number of rotatable bonds is 11. The van der Waals surface area contributed by atoms with Crippen LogP contribution in [0.15, 0.2) is 18.2 Å². The van der Waals surface area contributed by atoms with Crippen LogP contribution in [-0.4, -0.2) is 26.2 Å². The Morgan fingerprint density at radius 3 is 2.68 bits per heavy atom. The average molecular weight is 331 g/mol. The summed E-state index contributed by atoms with van der Waals surface area (Å²) >= 11 is 0. The number of nitrogens with two attached hydrogens (primary N) is 1. The summed E-state index contributed by atoms with van der Waals surface area (Å²) in [6.45, 7) is 3.69. The molecule has 0 unspecified atom stereocenters. The Balaban J connectivity index is 0.00000441. The monoisotopic (exact) mass is 330 g/mol. The minimum absolute atomic E-state index is 0. The summed E-state index contributed by atoms with van der Waals surface area (Å²) in [6.07, 6.45) is 4.91. The van der Waals surface area contributed by atoms with Crippen molar-refractivity contribution in [3.8, 4) is 11.5 Å². The Kier molecular flexibility index (Phi) is 11.3. The fourth-order valence-corrected chi connectivity index (χ4v) is 2.07. The lowest BCUT2D eigenvalue weighted by Gasteiger charge is -2.14. The number of primary amides is 1. The number of unbranched alkanes of at least 4 members (excludes halogenated alkanes) is 3. The molecule has 5 nitrogen and oxygen atoms in total. The van der Waals surface area contributed by atoms with Gasteiger partial charge in [0.05, 0.1) is 7.11 Å². The van der Waals surface area contributed by atoms with E-state index >= 15 is 0 Å². The molecule has 0 bridgehead atoms. The molecular formula is C16H27ClN2O3. The van der Waals surface area contributed by atoms with Crippen molar-refractivity contribution in [3.63, 3.8) is 0 Å². The molecule has 0 spiro atoms. The van der Waals surface area contributed by atoms with Gasteiger partial charge < -0.3 is 20.5 Å². The Morgan fingerprint density at radius 1 is 1.27 bits per heavy atom. The van der Waals surface area contributed by atoms with Crippen LogP contribution in [0.3, 0.4) is 0 Å². The minimum Gasteiger partial charge on any atom is -0.493 e. The fraction of sp³-hybridized carbons (Fsp3) is 0.562. The number of carbonyl (C=O) groups excluding carboxylic acids is 1. The van der Waals surface area contributed by atoms with E-state index in [2.05, 4.69) is 12.2 Å². The van der Waals surface area contributed by atoms with Crippen LogP contribution in [-0.2, 0) is 11.3 Å². The van der Waals surface area contributed by atoms with Crippen LogP contribution in [0, 0.1) is 0 Å². The molecule has 1 rings (SSSR count). The number of benzene rings is 1. The minimum atomic E-state index is -0.501. The van der Waals surface area contributed by atoms with Crippen LogP contribution in [0.5, 0.6) is 11.5 Å². The maximum Gasteiger partial charge on any atom is 0.255 e. The number of halogens is 1. The molecule has 0 atom stereocenters. The second-order valence-corrected chi connectivity index (χ2v) is 4.94. The molecule has 1 aromatic carbocycles. The zero-order valence-electron chi connectivity index (χ0n) is 13.4. The van der Waals surface area contributed by atoms with Gasteiger partial charge in [0.2, 0.25) is 0 Å². The van der Waals surface area contributed by atoms with Crippen LogP contribution < -0.4 is 20.5 Å². The number of ether oxygens (including phenoxy) is 2. The van der Waals surface area contributed by atoms with Crippen LogP contribution in [0.25, 0.3) is 0 Å². The number of carbonyl (C=O) groups is 1. The molecular weight excluding hydrogens is 304 g/mol. The third-order valence-electron chi connectivity index (χ3n) is 3.16. The first-order valence-corrected chi connectivity index (χ1v) is 7.46. The van der Waals surface area contributed by atoms with Gasteiger partial charge in [-0.05, 0) is 19.0 Å². The maximum absolute atomic E-state index is 10.9. The van der Waals surface area contributed by atoms with Gasteiger partial charge in [-0.1, -0.05) is 38.3 Å². The van der Waals surface area contributed by atoms with E-state index in [-0.39, 0.29) is 19.0 Å². The lowest BCUT2D eigenvalue weighted by atomic mass is 10.1. The van der Waals surface area contributed by atoms with Crippen LogP contribution >= 0.6 is 12.4 Å². The standard InChI is InChI=1S/C16H26N2O3.ClH/c1-3-4-5-6-10-18-11-13-8-7-9-14(20-2)16(13)21-12-15(17)19;/h7-9,18H,3-6,10-12H2,1-2H3,(H2,17,19);1H. The van der Waals surface area contributed by atoms with E-state index in [0.717, 1.165) is 18.5 Å². The first kappa shape index (κ1) is 20.5. The van der Waals surface area contributed by atoms with Crippen molar-refractivity contribution in [2.75, 3.05) is 20.3 Å². The summed E-state index contributed by atoms with van der Waals surface area (Å²) in [5, 5.41) is 3.39. The summed E-state index contributed by atoms with van der Waals surface area (Å²) in [6, 6.07) is 5.67. The van der Waals surface area contributed by atoms with Crippen LogP contribution in [0.4, 0.5) is 0 Å². The van der Waals surface area contributed by atoms with Crippen LogP contribution in [0.1, 0.15) is 38.2 Å². The molecule has 126 valence electrons. The molecule has 0 radical (unpaired) electrons. The van der Waals surface area contributed by atoms with Crippen molar-refractivity contribution in [2.45, 2.75) is 39.2 Å². The topological polar surface area (TPSA) is 73.6 Å². The lowest BCUT2D eigenvalue weighted by Crippen LogP contribution is -2.21. The second kappa shape index (κ2) is 12.1. The number of para-hydroxylation sites is 1. The molecule has 0 saturated carbocycles. The van der Waals surface area contributed by atoms with E-state index in [4.69, 9.17) is 15.2 Å². The summed E-state index contributed by atoms with van der Waals surface area (Å²) < 4.78 is 10.7. The molecule has 0 fully saturated rings. The van der Waals surface area contributed by atoms with E-state index in [1.807, 2.05) is 12.1 Å². The Labute approximate surface area is 139 Å². The molecule has 1 amide bonds. The third-order valence-corrected chi connectivity index (χ3v) is 3.16. The smallest absolute Gasteiger partial charge is 0.255 e. The molecule has 0 heterocycles. The summed E-state index contributed by atoms with van der Waals surface area (Å²) in [4.78, 5) is 10.9. The molecule has 0 aliphatic heterocycles. The van der Waals surface area contributed by atoms with Crippen molar-refractivity contribution in [1.29, 1.82) is 0 Å². The Bertz CT molecular complexity index is 441. The van der Waals surface area contributed by atoms with Gasteiger partial charge in [0.15, 0.2) is 18.1 Å². The zero-order chi connectivity index (χ0) is 15.5. The molecule has 0 aliphatic carbocycles. The van der Waals surface area contributed by atoms with Gasteiger partial charge >= 0.3 is 0 Å². The molecule has 6 heteroatoms. The van der Waals surface area contributed by atoms with Crippen molar-refractivity contribution in [1.82, 2.24) is 5.32 Å². The number of nitrogens with one attached hydrogen (secondary N) is 1.